The molecule has 1 aliphatic rings. The van der Waals surface area contributed by atoms with E-state index >= 15 is 0 Å². The number of H-pyrrole nitrogens is 3. The van der Waals surface area contributed by atoms with Gasteiger partial charge in [0.25, 0.3) is 0 Å². The fourth-order valence-corrected chi connectivity index (χ4v) is 3.62. The normalized spacial score (nSPS) is 23.2. The molecule has 0 bridgehead atoms. The molecule has 5 rings (SSSR count). The summed E-state index contributed by atoms with van der Waals surface area (Å²) in [6.07, 6.45) is -1.23. The molecule has 0 aromatic carbocycles. The van der Waals surface area contributed by atoms with E-state index in [4.69, 9.17) is 45.7 Å². The number of aliphatic hydroxyl groups excluding tert-OH is 3. The molecule has 4 atom stereocenters. The van der Waals surface area contributed by atoms with Crippen LogP contribution in [0.5, 0.6) is 0 Å². The average Bonchev–Trinajstić information content (AvgIpc) is 3.41. The zero-order chi connectivity index (χ0) is 22.3. The van der Waals surface area contributed by atoms with Crippen LogP contribution in [-0.4, -0.2) is 79.7 Å². The Balaban J connectivity index is 0.000000177. The Kier molecular flexibility index (Phi) is 5.65. The fourth-order valence-electron chi connectivity index (χ4n) is 3.12. The molecule has 164 valence electrons. The quantitative estimate of drug-likeness (QED) is 0.171. The molecule has 1 fully saturated rings. The van der Waals surface area contributed by atoms with E-state index in [1.54, 1.807) is 0 Å². The first kappa shape index (κ1) is 21.2. The molecule has 0 radical (unpaired) electrons. The second-order valence-corrected chi connectivity index (χ2v) is 7.33. The molecule has 4 aromatic rings. The van der Waals surface area contributed by atoms with E-state index in [0.717, 1.165) is 0 Å². The summed E-state index contributed by atoms with van der Waals surface area (Å²) in [4.78, 5) is 24.2. The molecular formula is C15H18N10O4S2. The van der Waals surface area contributed by atoms with Gasteiger partial charge in [0, 0.05) is 0 Å². The number of aromatic nitrogens is 8. The van der Waals surface area contributed by atoms with Gasteiger partial charge in [0.15, 0.2) is 27.1 Å². The Morgan fingerprint density at radius 1 is 1.06 bits per heavy atom. The Morgan fingerprint density at radius 3 is 2.48 bits per heavy atom. The number of nitrogens with zero attached hydrogens (tertiary/aromatic N) is 5. The summed E-state index contributed by atoms with van der Waals surface area (Å²) < 4.78 is 7.55. The van der Waals surface area contributed by atoms with Crippen LogP contribution in [-0.2, 0) is 4.74 Å². The van der Waals surface area contributed by atoms with Gasteiger partial charge in [-0.2, -0.15) is 0 Å². The third-order valence-electron chi connectivity index (χ3n) is 4.58. The van der Waals surface area contributed by atoms with Crippen LogP contribution >= 0.6 is 24.4 Å². The summed E-state index contributed by atoms with van der Waals surface area (Å²) in [6, 6.07) is 0. The number of ether oxygens (including phenoxy) is 1. The molecule has 5 heterocycles. The van der Waals surface area contributed by atoms with Crippen molar-refractivity contribution in [3.63, 3.8) is 0 Å². The van der Waals surface area contributed by atoms with Gasteiger partial charge in [0.2, 0.25) is 5.95 Å². The van der Waals surface area contributed by atoms with Crippen LogP contribution in [0.2, 0.25) is 0 Å². The maximum absolute atomic E-state index is 10.0. The predicted octanol–water partition coefficient (Wildman–Crippen LogP) is -0.720. The molecule has 1 saturated heterocycles. The number of nitrogens with two attached hydrogens (primary N) is 2. The van der Waals surface area contributed by atoms with Gasteiger partial charge in [0.05, 0.1) is 19.3 Å². The molecular weight excluding hydrogens is 448 g/mol. The van der Waals surface area contributed by atoms with Crippen molar-refractivity contribution in [3.05, 3.63) is 21.9 Å². The molecule has 16 heteroatoms. The van der Waals surface area contributed by atoms with E-state index < -0.39 is 31.1 Å². The number of hydrogen-bond donors (Lipinski definition) is 8. The Labute approximate surface area is 183 Å². The van der Waals surface area contributed by atoms with Crippen LogP contribution in [0.1, 0.15) is 6.23 Å². The number of nitrogen functional groups attached to an aromatic ring is 2. The molecule has 31 heavy (non-hydrogen) atoms. The highest BCUT2D eigenvalue weighted by atomic mass is 32.1. The summed E-state index contributed by atoms with van der Waals surface area (Å²) >= 11 is 9.96. The summed E-state index contributed by atoms with van der Waals surface area (Å²) in [5.74, 6) is 0.394. The minimum atomic E-state index is -1.21. The van der Waals surface area contributed by atoms with E-state index in [2.05, 4.69) is 34.9 Å². The van der Waals surface area contributed by atoms with Crippen LogP contribution in [0.4, 0.5) is 11.9 Å². The lowest BCUT2D eigenvalue weighted by Gasteiger charge is -2.16. The van der Waals surface area contributed by atoms with E-state index in [9.17, 15) is 10.2 Å². The van der Waals surface area contributed by atoms with Gasteiger partial charge in [-0.05, 0) is 0 Å². The van der Waals surface area contributed by atoms with Crippen LogP contribution < -0.4 is 11.5 Å². The molecule has 0 unspecified atom stereocenters. The average molecular weight is 467 g/mol. The van der Waals surface area contributed by atoms with Crippen molar-refractivity contribution in [2.24, 2.45) is 0 Å². The van der Waals surface area contributed by atoms with Crippen molar-refractivity contribution in [1.82, 2.24) is 39.5 Å². The molecule has 0 saturated carbocycles. The van der Waals surface area contributed by atoms with Crippen LogP contribution in [0.3, 0.4) is 0 Å². The lowest BCUT2D eigenvalue weighted by Crippen LogP contribution is -2.33. The van der Waals surface area contributed by atoms with Crippen molar-refractivity contribution >= 4 is 58.7 Å². The monoisotopic (exact) mass is 466 g/mol. The standard InChI is InChI=1S/C10H13N5O4S.C5H5N5S/c11-10-13-7-4(8(20)14-10)12-2-15(7)9-6(18)5(17)3(1-16)19-9;6-5-9-3-2(4(11)10-5)7-1-8-3/h2-3,5-6,9,16-18H,1H2,(H3,11,13,14,20);1H,(H4,6,7,8,9,10,11)/t3-,5-,6-,9-;/m1./s1. The number of hydrogen-bond acceptors (Lipinski definition) is 12. The number of aromatic amines is 3. The molecule has 0 spiro atoms. The summed E-state index contributed by atoms with van der Waals surface area (Å²) in [7, 11) is 0. The number of aliphatic hydroxyl groups is 3. The third-order valence-corrected chi connectivity index (χ3v) is 5.16. The molecule has 1 aliphatic heterocycles. The van der Waals surface area contributed by atoms with Gasteiger partial charge in [-0.1, -0.05) is 24.4 Å². The van der Waals surface area contributed by atoms with Gasteiger partial charge >= 0.3 is 0 Å². The highest BCUT2D eigenvalue weighted by molar-refractivity contribution is 7.71. The van der Waals surface area contributed by atoms with Gasteiger partial charge in [-0.3, -0.25) is 4.57 Å². The Hall–Kier alpha value is -3.02. The van der Waals surface area contributed by atoms with Crippen molar-refractivity contribution in [2.45, 2.75) is 24.5 Å². The maximum Gasteiger partial charge on any atom is 0.200 e. The second kappa shape index (κ2) is 8.25. The van der Waals surface area contributed by atoms with Crippen LogP contribution in [0, 0.1) is 9.28 Å². The first-order chi connectivity index (χ1) is 14.8. The third kappa shape index (κ3) is 3.87. The van der Waals surface area contributed by atoms with Crippen molar-refractivity contribution in [3.8, 4) is 0 Å². The largest absolute Gasteiger partial charge is 0.394 e. The molecule has 14 nitrogen and oxygen atoms in total. The maximum atomic E-state index is 10.0. The zero-order valence-corrected chi connectivity index (χ0v) is 17.3. The van der Waals surface area contributed by atoms with Gasteiger partial charge in [-0.15, -0.1) is 0 Å². The minimum absolute atomic E-state index is 0.107. The fraction of sp³-hybridized carbons (Fsp3) is 0.333. The highest BCUT2D eigenvalue weighted by Gasteiger charge is 2.43. The number of anilines is 2. The van der Waals surface area contributed by atoms with Gasteiger partial charge < -0.3 is 46.5 Å². The lowest BCUT2D eigenvalue weighted by molar-refractivity contribution is -0.0511. The number of rotatable bonds is 2. The first-order valence-corrected chi connectivity index (χ1v) is 9.65. The summed E-state index contributed by atoms with van der Waals surface area (Å²) in [5, 5.41) is 28.9. The lowest BCUT2D eigenvalue weighted by atomic mass is 10.1. The predicted molar refractivity (Wildman–Crippen MR) is 114 cm³/mol. The van der Waals surface area contributed by atoms with E-state index in [-0.39, 0.29) is 16.5 Å². The van der Waals surface area contributed by atoms with Crippen LogP contribution in [0.25, 0.3) is 22.3 Å². The Bertz CT molecular complexity index is 1350. The minimum Gasteiger partial charge on any atom is -0.394 e. The van der Waals surface area contributed by atoms with Crippen molar-refractivity contribution in [1.29, 1.82) is 0 Å². The second-order valence-electron chi connectivity index (χ2n) is 6.56. The smallest absolute Gasteiger partial charge is 0.200 e. The van der Waals surface area contributed by atoms with Gasteiger partial charge in [0.1, 0.15) is 35.0 Å². The molecule has 10 N–H and O–H groups in total. The van der Waals surface area contributed by atoms with Crippen molar-refractivity contribution < 1.29 is 20.1 Å². The van der Waals surface area contributed by atoms with E-state index in [0.29, 0.717) is 27.0 Å². The summed E-state index contributed by atoms with van der Waals surface area (Å²) in [6.45, 7) is -0.402. The van der Waals surface area contributed by atoms with Gasteiger partial charge in [-0.25, -0.2) is 19.9 Å². The molecule has 0 amide bonds. The zero-order valence-electron chi connectivity index (χ0n) is 15.6. The highest BCUT2D eigenvalue weighted by Crippen LogP contribution is 2.31. The number of imidazole rings is 2. The van der Waals surface area contributed by atoms with E-state index in [1.165, 1.54) is 17.2 Å². The van der Waals surface area contributed by atoms with Crippen LogP contribution in [0.15, 0.2) is 12.7 Å². The topological polar surface area (TPSA) is 226 Å². The van der Waals surface area contributed by atoms with Crippen molar-refractivity contribution in [2.75, 3.05) is 18.1 Å². The summed E-state index contributed by atoms with van der Waals surface area (Å²) in [5.41, 5.74) is 13.2. The van der Waals surface area contributed by atoms with E-state index in [1.807, 2.05) is 0 Å². The molecule has 0 aliphatic carbocycles. The SMILES string of the molecule is Nc1nc(=S)c2[nH]cnc2[nH]1.Nc1nc(=S)c2ncn([C@@H]3O[C@H](CO)[C@@H](O)[C@H]3O)c2[nH]1. The first-order valence-electron chi connectivity index (χ1n) is 8.83. The Morgan fingerprint density at radius 2 is 1.77 bits per heavy atom. The molecule has 4 aromatic heterocycles. The number of nitrogens with one attached hydrogen (secondary N) is 3. The number of fused-ring (bicyclic) bond motifs is 2.